The van der Waals surface area contributed by atoms with Gasteiger partial charge in [-0.2, -0.15) is 0 Å². The number of aromatic nitrogens is 3. The Hall–Kier alpha value is -2.11. The third kappa shape index (κ3) is 2.97. The summed E-state index contributed by atoms with van der Waals surface area (Å²) in [7, 11) is 0. The molecule has 2 fully saturated rings. The van der Waals surface area contributed by atoms with Crippen molar-refractivity contribution in [2.45, 2.75) is 38.5 Å². The summed E-state index contributed by atoms with van der Waals surface area (Å²) in [4.78, 5) is 17.3. The molecule has 2 aliphatic rings. The number of pyridine rings is 1. The monoisotopic (exact) mass is 327 g/mol. The zero-order valence-corrected chi connectivity index (χ0v) is 14.1. The Morgan fingerprint density at radius 2 is 1.83 bits per heavy atom. The van der Waals surface area contributed by atoms with E-state index in [1.807, 2.05) is 28.8 Å². The molecular formula is C18H25N5O. The maximum absolute atomic E-state index is 12.9. The van der Waals surface area contributed by atoms with E-state index in [1.54, 1.807) is 0 Å². The lowest BCUT2D eigenvalue weighted by molar-refractivity contribution is -0.135. The number of hydrogen-bond acceptors (Lipinski definition) is 4. The quantitative estimate of drug-likeness (QED) is 0.850. The fourth-order valence-corrected chi connectivity index (χ4v) is 3.95. The minimum Gasteiger partial charge on any atom is -0.342 e. The molecule has 0 radical (unpaired) electrons. The summed E-state index contributed by atoms with van der Waals surface area (Å²) in [6, 6.07) is 5.92. The molecule has 2 aromatic rings. The second-order valence-corrected chi connectivity index (χ2v) is 6.95. The average molecular weight is 327 g/mol. The minimum absolute atomic E-state index is 0.0907. The van der Waals surface area contributed by atoms with Gasteiger partial charge in [0.1, 0.15) is 0 Å². The molecule has 0 aliphatic carbocycles. The van der Waals surface area contributed by atoms with Crippen molar-refractivity contribution in [3.05, 3.63) is 24.4 Å². The van der Waals surface area contributed by atoms with Gasteiger partial charge in [0, 0.05) is 32.4 Å². The molecule has 1 unspecified atom stereocenters. The van der Waals surface area contributed by atoms with E-state index in [2.05, 4.69) is 20.0 Å². The van der Waals surface area contributed by atoms with Crippen LogP contribution in [-0.2, 0) is 4.79 Å². The number of rotatable bonds is 2. The van der Waals surface area contributed by atoms with Crippen molar-refractivity contribution in [2.75, 3.05) is 31.1 Å². The highest BCUT2D eigenvalue weighted by Gasteiger charge is 2.31. The van der Waals surface area contributed by atoms with Crippen LogP contribution in [0.4, 0.5) is 5.95 Å². The molecule has 0 bridgehead atoms. The van der Waals surface area contributed by atoms with Crippen molar-refractivity contribution in [3.8, 4) is 0 Å². The number of fused-ring (bicyclic) bond motifs is 1. The van der Waals surface area contributed by atoms with Crippen LogP contribution >= 0.6 is 0 Å². The Morgan fingerprint density at radius 1 is 1.00 bits per heavy atom. The third-order valence-electron chi connectivity index (χ3n) is 5.27. The number of piperidine rings is 1. The van der Waals surface area contributed by atoms with E-state index in [0.717, 1.165) is 63.5 Å². The first-order chi connectivity index (χ1) is 11.8. The Labute approximate surface area is 142 Å². The standard InChI is InChI=1S/C18H25N5O/c24-17(21-10-4-1-2-5-11-21)15-8-7-12-22(14-15)18-20-19-16-9-3-6-13-23(16)18/h3,6,9,13,15H,1-2,4-5,7-8,10-12,14H2. The predicted molar refractivity (Wildman–Crippen MR) is 93.0 cm³/mol. The van der Waals surface area contributed by atoms with Gasteiger partial charge in [0.25, 0.3) is 0 Å². The zero-order chi connectivity index (χ0) is 16.4. The smallest absolute Gasteiger partial charge is 0.231 e. The number of likely N-dealkylation sites (tertiary alicyclic amines) is 1. The van der Waals surface area contributed by atoms with Crippen LogP contribution in [0.15, 0.2) is 24.4 Å². The molecule has 1 amide bonds. The van der Waals surface area contributed by atoms with Crippen LogP contribution in [0.1, 0.15) is 38.5 Å². The van der Waals surface area contributed by atoms with E-state index >= 15 is 0 Å². The van der Waals surface area contributed by atoms with Gasteiger partial charge in [-0.1, -0.05) is 18.9 Å². The van der Waals surface area contributed by atoms with Gasteiger partial charge in [-0.05, 0) is 37.8 Å². The van der Waals surface area contributed by atoms with Crippen LogP contribution in [0.2, 0.25) is 0 Å². The number of hydrogen-bond donors (Lipinski definition) is 0. The molecule has 4 rings (SSSR count). The van der Waals surface area contributed by atoms with Crippen LogP contribution in [0.25, 0.3) is 5.65 Å². The van der Waals surface area contributed by atoms with E-state index in [-0.39, 0.29) is 5.92 Å². The zero-order valence-electron chi connectivity index (χ0n) is 14.1. The SMILES string of the molecule is O=C(C1CCCN(c2nnc3ccccn23)C1)N1CCCCCC1. The number of carbonyl (C=O) groups is 1. The van der Waals surface area contributed by atoms with Crippen LogP contribution in [-0.4, -0.2) is 51.6 Å². The van der Waals surface area contributed by atoms with Crippen molar-refractivity contribution in [2.24, 2.45) is 5.92 Å². The lowest BCUT2D eigenvalue weighted by Gasteiger charge is -2.34. The minimum atomic E-state index is 0.0907. The molecule has 2 aliphatic heterocycles. The summed E-state index contributed by atoms with van der Waals surface area (Å²) in [5.41, 5.74) is 0.855. The number of nitrogens with zero attached hydrogens (tertiary/aromatic N) is 5. The predicted octanol–water partition coefficient (Wildman–Crippen LogP) is 2.35. The van der Waals surface area contributed by atoms with Gasteiger partial charge < -0.3 is 9.80 Å². The summed E-state index contributed by atoms with van der Waals surface area (Å²) >= 11 is 0. The highest BCUT2D eigenvalue weighted by atomic mass is 16.2. The van der Waals surface area contributed by atoms with Gasteiger partial charge >= 0.3 is 0 Å². The van der Waals surface area contributed by atoms with Gasteiger partial charge in [0.2, 0.25) is 11.9 Å². The summed E-state index contributed by atoms with van der Waals surface area (Å²) in [6.07, 6.45) is 8.83. The largest absolute Gasteiger partial charge is 0.342 e. The van der Waals surface area contributed by atoms with Crippen molar-refractivity contribution in [3.63, 3.8) is 0 Å². The Bertz CT molecular complexity index is 704. The molecule has 2 saturated heterocycles. The van der Waals surface area contributed by atoms with Crippen molar-refractivity contribution < 1.29 is 4.79 Å². The lowest BCUT2D eigenvalue weighted by atomic mass is 9.96. The second-order valence-electron chi connectivity index (χ2n) is 6.95. The van der Waals surface area contributed by atoms with Crippen LogP contribution < -0.4 is 4.90 Å². The normalized spacial score (nSPS) is 22.6. The molecule has 2 aromatic heterocycles. The fraction of sp³-hybridized carbons (Fsp3) is 0.611. The van der Waals surface area contributed by atoms with E-state index in [9.17, 15) is 4.79 Å². The number of anilines is 1. The Kier molecular flexibility index (Phi) is 4.36. The van der Waals surface area contributed by atoms with Crippen LogP contribution in [0, 0.1) is 5.92 Å². The lowest BCUT2D eigenvalue weighted by Crippen LogP contribution is -2.45. The molecule has 0 aromatic carbocycles. The summed E-state index contributed by atoms with van der Waals surface area (Å²) in [5.74, 6) is 1.29. The molecule has 4 heterocycles. The Balaban J connectivity index is 1.50. The van der Waals surface area contributed by atoms with Gasteiger partial charge in [-0.3, -0.25) is 9.20 Å². The highest BCUT2D eigenvalue weighted by Crippen LogP contribution is 2.24. The van der Waals surface area contributed by atoms with Crippen LogP contribution in [0.3, 0.4) is 0 Å². The van der Waals surface area contributed by atoms with Crippen LogP contribution in [0.5, 0.6) is 0 Å². The fourth-order valence-electron chi connectivity index (χ4n) is 3.95. The molecule has 6 nitrogen and oxygen atoms in total. The van der Waals surface area contributed by atoms with E-state index in [0.29, 0.717) is 5.91 Å². The topological polar surface area (TPSA) is 53.7 Å². The Morgan fingerprint density at radius 3 is 2.67 bits per heavy atom. The molecule has 0 N–H and O–H groups in total. The molecule has 6 heteroatoms. The molecule has 24 heavy (non-hydrogen) atoms. The summed E-state index contributed by atoms with van der Waals surface area (Å²) < 4.78 is 2.01. The molecule has 0 spiro atoms. The van der Waals surface area contributed by atoms with Gasteiger partial charge in [0.15, 0.2) is 5.65 Å². The van der Waals surface area contributed by atoms with Crippen molar-refractivity contribution >= 4 is 17.5 Å². The maximum Gasteiger partial charge on any atom is 0.231 e. The average Bonchev–Trinajstić information content (AvgIpc) is 2.87. The van der Waals surface area contributed by atoms with E-state index in [1.165, 1.54) is 12.8 Å². The first kappa shape index (κ1) is 15.4. The molecular weight excluding hydrogens is 302 g/mol. The van der Waals surface area contributed by atoms with E-state index < -0.39 is 0 Å². The van der Waals surface area contributed by atoms with Crippen molar-refractivity contribution in [1.29, 1.82) is 0 Å². The third-order valence-corrected chi connectivity index (χ3v) is 5.27. The maximum atomic E-state index is 12.9. The second kappa shape index (κ2) is 6.79. The van der Waals surface area contributed by atoms with E-state index in [4.69, 9.17) is 0 Å². The first-order valence-electron chi connectivity index (χ1n) is 9.16. The molecule has 1 atom stereocenters. The first-order valence-corrected chi connectivity index (χ1v) is 9.16. The summed E-state index contributed by atoms with van der Waals surface area (Å²) in [6.45, 7) is 3.57. The number of carbonyl (C=O) groups excluding carboxylic acids is 1. The summed E-state index contributed by atoms with van der Waals surface area (Å²) in [5, 5.41) is 8.60. The van der Waals surface area contributed by atoms with Gasteiger partial charge in [-0.15, -0.1) is 10.2 Å². The van der Waals surface area contributed by atoms with Gasteiger partial charge in [-0.25, -0.2) is 0 Å². The highest BCUT2D eigenvalue weighted by molar-refractivity contribution is 5.79. The molecule has 128 valence electrons. The number of amides is 1. The van der Waals surface area contributed by atoms with Gasteiger partial charge in [0.05, 0.1) is 5.92 Å². The molecule has 0 saturated carbocycles. The van der Waals surface area contributed by atoms with Crippen molar-refractivity contribution in [1.82, 2.24) is 19.5 Å².